The third kappa shape index (κ3) is 6.55. The van der Waals surface area contributed by atoms with Crippen LogP contribution in [0.4, 0.5) is 13.2 Å². The molecule has 5 nitrogen and oxygen atoms in total. The van der Waals surface area contributed by atoms with E-state index < -0.39 is 18.0 Å². The monoisotopic (exact) mass is 360 g/mol. The van der Waals surface area contributed by atoms with Crippen LogP contribution < -0.4 is 10.1 Å². The Kier molecular flexibility index (Phi) is 7.07. The van der Waals surface area contributed by atoms with Crippen molar-refractivity contribution in [3.63, 3.8) is 0 Å². The standard InChI is InChI=1S/C17H23F3N2O3/c18-17(19,20)25-15-7-3-5-13(11-15)16(24)21-8-4-10-22-9-2-1-6-14(22)12-23/h3,5,7,11,14,23H,1-2,4,6,8-10,12H2,(H,21,24)/t14-/m1/s1. The Morgan fingerprint density at radius 3 is 2.88 bits per heavy atom. The molecular weight excluding hydrogens is 337 g/mol. The molecule has 1 aliphatic rings. The van der Waals surface area contributed by atoms with Gasteiger partial charge in [-0.15, -0.1) is 13.2 Å². The first kappa shape index (κ1) is 19.5. The van der Waals surface area contributed by atoms with Crippen LogP contribution in [-0.2, 0) is 0 Å². The first-order valence-corrected chi connectivity index (χ1v) is 8.38. The number of aliphatic hydroxyl groups excluding tert-OH is 1. The smallest absolute Gasteiger partial charge is 0.406 e. The van der Waals surface area contributed by atoms with E-state index in [1.165, 1.54) is 12.1 Å². The highest BCUT2D eigenvalue weighted by molar-refractivity contribution is 5.94. The Hall–Kier alpha value is -1.80. The molecule has 25 heavy (non-hydrogen) atoms. The highest BCUT2D eigenvalue weighted by Crippen LogP contribution is 2.23. The highest BCUT2D eigenvalue weighted by atomic mass is 19.4. The largest absolute Gasteiger partial charge is 0.573 e. The number of rotatable bonds is 7. The zero-order valence-corrected chi connectivity index (χ0v) is 13.9. The fraction of sp³-hybridized carbons (Fsp3) is 0.588. The van der Waals surface area contributed by atoms with Crippen LogP contribution in [0.15, 0.2) is 24.3 Å². The van der Waals surface area contributed by atoms with Crippen LogP contribution in [-0.4, -0.2) is 54.6 Å². The van der Waals surface area contributed by atoms with Gasteiger partial charge in [0.2, 0.25) is 0 Å². The number of nitrogens with zero attached hydrogens (tertiary/aromatic N) is 1. The Bertz CT molecular complexity index is 566. The molecule has 0 spiro atoms. The molecule has 1 aromatic rings. The van der Waals surface area contributed by atoms with Crippen molar-refractivity contribution in [3.05, 3.63) is 29.8 Å². The van der Waals surface area contributed by atoms with Crippen molar-refractivity contribution in [3.8, 4) is 5.75 Å². The maximum atomic E-state index is 12.2. The summed E-state index contributed by atoms with van der Waals surface area (Å²) in [6, 6.07) is 5.17. The summed E-state index contributed by atoms with van der Waals surface area (Å²) >= 11 is 0. The third-order valence-electron chi connectivity index (χ3n) is 4.20. The zero-order chi connectivity index (χ0) is 18.3. The molecule has 0 bridgehead atoms. The molecule has 1 saturated heterocycles. The van der Waals surface area contributed by atoms with Crippen molar-refractivity contribution < 1.29 is 27.8 Å². The summed E-state index contributed by atoms with van der Waals surface area (Å²) in [5.74, 6) is -0.857. The van der Waals surface area contributed by atoms with Gasteiger partial charge in [-0.3, -0.25) is 9.69 Å². The van der Waals surface area contributed by atoms with E-state index >= 15 is 0 Å². The number of likely N-dealkylation sites (tertiary alicyclic amines) is 1. The Morgan fingerprint density at radius 2 is 2.16 bits per heavy atom. The Balaban J connectivity index is 1.77. The molecule has 2 rings (SSSR count). The molecule has 0 saturated carbocycles. The molecule has 140 valence electrons. The van der Waals surface area contributed by atoms with Gasteiger partial charge in [-0.05, 0) is 44.0 Å². The minimum absolute atomic E-state index is 0.118. The van der Waals surface area contributed by atoms with Gasteiger partial charge in [-0.25, -0.2) is 0 Å². The van der Waals surface area contributed by atoms with Crippen molar-refractivity contribution in [2.75, 3.05) is 26.2 Å². The summed E-state index contributed by atoms with van der Waals surface area (Å²) < 4.78 is 40.5. The fourth-order valence-corrected chi connectivity index (χ4v) is 2.98. The number of hydrogen-bond donors (Lipinski definition) is 2. The van der Waals surface area contributed by atoms with E-state index in [1.807, 2.05) is 0 Å². The predicted octanol–water partition coefficient (Wildman–Crippen LogP) is 2.55. The highest BCUT2D eigenvalue weighted by Gasteiger charge is 2.31. The lowest BCUT2D eigenvalue weighted by Gasteiger charge is -2.34. The molecule has 0 unspecified atom stereocenters. The maximum Gasteiger partial charge on any atom is 0.573 e. The van der Waals surface area contributed by atoms with Crippen LogP contribution in [0.25, 0.3) is 0 Å². The van der Waals surface area contributed by atoms with Gasteiger partial charge in [-0.1, -0.05) is 12.5 Å². The van der Waals surface area contributed by atoms with Gasteiger partial charge < -0.3 is 15.2 Å². The lowest BCUT2D eigenvalue weighted by Crippen LogP contribution is -2.43. The fourth-order valence-electron chi connectivity index (χ4n) is 2.98. The summed E-state index contributed by atoms with van der Waals surface area (Å²) in [7, 11) is 0. The van der Waals surface area contributed by atoms with Crippen LogP contribution in [0.5, 0.6) is 5.75 Å². The van der Waals surface area contributed by atoms with Gasteiger partial charge >= 0.3 is 6.36 Å². The van der Waals surface area contributed by atoms with Crippen LogP contribution in [0.3, 0.4) is 0 Å². The number of alkyl halides is 3. The number of carbonyl (C=O) groups is 1. The predicted molar refractivity (Wildman–Crippen MR) is 86.4 cm³/mol. The zero-order valence-electron chi connectivity index (χ0n) is 13.9. The maximum absolute atomic E-state index is 12.2. The summed E-state index contributed by atoms with van der Waals surface area (Å²) in [6.45, 7) is 2.26. The first-order valence-electron chi connectivity index (χ1n) is 8.38. The normalized spacial score (nSPS) is 18.8. The quantitative estimate of drug-likeness (QED) is 0.734. The van der Waals surface area contributed by atoms with Crippen LogP contribution >= 0.6 is 0 Å². The molecule has 0 aromatic heterocycles. The minimum Gasteiger partial charge on any atom is -0.406 e. The van der Waals surface area contributed by atoms with Crippen LogP contribution in [0.1, 0.15) is 36.0 Å². The molecule has 2 N–H and O–H groups in total. The number of benzene rings is 1. The summed E-state index contributed by atoms with van der Waals surface area (Å²) in [4.78, 5) is 14.2. The van der Waals surface area contributed by atoms with E-state index in [9.17, 15) is 23.1 Å². The van der Waals surface area contributed by atoms with Gasteiger partial charge in [0.15, 0.2) is 0 Å². The van der Waals surface area contributed by atoms with Crippen molar-refractivity contribution in [1.82, 2.24) is 10.2 Å². The Labute approximate surface area is 144 Å². The first-order chi connectivity index (χ1) is 11.9. The van der Waals surface area contributed by atoms with E-state index in [0.717, 1.165) is 44.5 Å². The van der Waals surface area contributed by atoms with Crippen molar-refractivity contribution in [1.29, 1.82) is 0 Å². The van der Waals surface area contributed by atoms with E-state index in [0.29, 0.717) is 13.0 Å². The number of amides is 1. The molecule has 8 heteroatoms. The molecular formula is C17H23F3N2O3. The second kappa shape index (κ2) is 9.05. The molecule has 1 aromatic carbocycles. The number of halogens is 3. The van der Waals surface area contributed by atoms with Crippen LogP contribution in [0, 0.1) is 0 Å². The Morgan fingerprint density at radius 1 is 1.36 bits per heavy atom. The van der Waals surface area contributed by atoms with Gasteiger partial charge in [0.05, 0.1) is 6.61 Å². The molecule has 1 atom stereocenters. The summed E-state index contributed by atoms with van der Waals surface area (Å²) in [5, 5.41) is 12.1. The van der Waals surface area contributed by atoms with Gasteiger partial charge in [-0.2, -0.15) is 0 Å². The molecule has 0 aliphatic carbocycles. The number of ether oxygens (including phenoxy) is 1. The second-order valence-corrected chi connectivity index (χ2v) is 6.05. The van der Waals surface area contributed by atoms with Gasteiger partial charge in [0.25, 0.3) is 5.91 Å². The molecule has 0 radical (unpaired) electrons. The van der Waals surface area contributed by atoms with Gasteiger partial charge in [0, 0.05) is 24.7 Å². The average molecular weight is 360 g/mol. The van der Waals surface area contributed by atoms with E-state index in [-0.39, 0.29) is 18.2 Å². The van der Waals surface area contributed by atoms with E-state index in [1.54, 1.807) is 0 Å². The number of carbonyl (C=O) groups excluding carboxylic acids is 1. The number of nitrogens with one attached hydrogen (secondary N) is 1. The second-order valence-electron chi connectivity index (χ2n) is 6.05. The summed E-state index contributed by atoms with van der Waals surface area (Å²) in [5.41, 5.74) is 0.118. The topological polar surface area (TPSA) is 61.8 Å². The third-order valence-corrected chi connectivity index (χ3v) is 4.20. The lowest BCUT2D eigenvalue weighted by atomic mass is 10.0. The van der Waals surface area contributed by atoms with Crippen molar-refractivity contribution in [2.45, 2.75) is 38.1 Å². The molecule has 1 aliphatic heterocycles. The number of piperidine rings is 1. The number of hydrogen-bond acceptors (Lipinski definition) is 4. The van der Waals surface area contributed by atoms with Crippen molar-refractivity contribution in [2.24, 2.45) is 0 Å². The molecule has 1 heterocycles. The average Bonchev–Trinajstić information content (AvgIpc) is 2.57. The van der Waals surface area contributed by atoms with Crippen LogP contribution in [0.2, 0.25) is 0 Å². The molecule has 1 amide bonds. The SMILES string of the molecule is O=C(NCCCN1CCCC[C@@H]1CO)c1cccc(OC(F)(F)F)c1. The minimum atomic E-state index is -4.78. The van der Waals surface area contributed by atoms with Crippen molar-refractivity contribution >= 4 is 5.91 Å². The van der Waals surface area contributed by atoms with Gasteiger partial charge in [0.1, 0.15) is 5.75 Å². The van der Waals surface area contributed by atoms with E-state index in [2.05, 4.69) is 15.0 Å². The van der Waals surface area contributed by atoms with E-state index in [4.69, 9.17) is 0 Å². The molecule has 1 fully saturated rings. The summed E-state index contributed by atoms with van der Waals surface area (Å²) in [6.07, 6.45) is -0.869. The lowest BCUT2D eigenvalue weighted by molar-refractivity contribution is -0.274. The number of aliphatic hydroxyl groups is 1.